The van der Waals surface area contributed by atoms with E-state index in [1.54, 1.807) is 24.3 Å². The summed E-state index contributed by atoms with van der Waals surface area (Å²) in [6.07, 6.45) is -6.61. The Balaban J connectivity index is 1.50. The van der Waals surface area contributed by atoms with Crippen molar-refractivity contribution in [1.29, 1.82) is 0 Å². The molecule has 2 N–H and O–H groups in total. The average molecular weight is 487 g/mol. The van der Waals surface area contributed by atoms with Crippen LogP contribution >= 0.6 is 0 Å². The highest BCUT2D eigenvalue weighted by Gasteiger charge is 2.38. The first-order valence-electron chi connectivity index (χ1n) is 10.3. The number of anilines is 1. The largest absolute Gasteiger partial charge is 0.491 e. The summed E-state index contributed by atoms with van der Waals surface area (Å²) in [6, 6.07) is 12.3. The minimum atomic E-state index is -4.76. The molecule has 33 heavy (non-hydrogen) atoms. The number of amides is 1. The zero-order valence-electron chi connectivity index (χ0n) is 17.9. The Labute approximate surface area is 190 Å². The Morgan fingerprint density at radius 2 is 1.70 bits per heavy atom. The Kier molecular flexibility index (Phi) is 7.65. The number of aryl methyl sites for hydroxylation is 1. The van der Waals surface area contributed by atoms with E-state index in [0.717, 1.165) is 5.56 Å². The number of alkyl halides is 3. The van der Waals surface area contributed by atoms with Crippen molar-refractivity contribution in [3.63, 3.8) is 0 Å². The lowest BCUT2D eigenvalue weighted by atomic mass is 9.97. The number of hydrogen-bond donors (Lipinski definition) is 2. The van der Waals surface area contributed by atoms with Crippen molar-refractivity contribution in [2.45, 2.75) is 36.9 Å². The minimum Gasteiger partial charge on any atom is -0.491 e. The van der Waals surface area contributed by atoms with Crippen molar-refractivity contribution in [2.24, 2.45) is 5.92 Å². The van der Waals surface area contributed by atoms with Crippen LogP contribution in [-0.4, -0.2) is 55.7 Å². The zero-order chi connectivity index (χ0) is 24.2. The summed E-state index contributed by atoms with van der Waals surface area (Å²) < 4.78 is 68.8. The highest BCUT2D eigenvalue weighted by Crippen LogP contribution is 2.26. The lowest BCUT2D eigenvalue weighted by Crippen LogP contribution is -2.41. The van der Waals surface area contributed by atoms with E-state index in [-0.39, 0.29) is 35.6 Å². The van der Waals surface area contributed by atoms with E-state index in [1.807, 2.05) is 6.92 Å². The molecule has 3 rings (SSSR count). The maximum absolute atomic E-state index is 12.8. The maximum Gasteiger partial charge on any atom is 0.417 e. The van der Waals surface area contributed by atoms with Gasteiger partial charge in [-0.1, -0.05) is 17.7 Å². The zero-order valence-corrected chi connectivity index (χ0v) is 18.7. The van der Waals surface area contributed by atoms with E-state index in [1.165, 1.54) is 28.6 Å². The number of halogens is 3. The predicted octanol–water partition coefficient (Wildman–Crippen LogP) is 3.34. The number of sulfonamides is 1. The second kappa shape index (κ2) is 10.1. The lowest BCUT2D eigenvalue weighted by molar-refractivity contribution is -0.210. The van der Waals surface area contributed by atoms with Gasteiger partial charge < -0.3 is 15.2 Å². The lowest BCUT2D eigenvalue weighted by Gasteiger charge is -2.30. The number of aliphatic hydroxyl groups excluding tert-OH is 1. The Bertz CT molecular complexity index is 1050. The standard InChI is InChI=1S/C22H25F3N2O5S/c1-15-2-8-19(9-3-15)33(30,31)27-12-10-16(11-13-27)21(29)26-17-4-6-18(7-5-17)32-14-20(28)22(23,24)25/h2-9,16,20,28H,10-14H2,1H3,(H,26,29). The SMILES string of the molecule is Cc1ccc(S(=O)(=O)N2CCC(C(=O)Nc3ccc(OCC(O)C(F)(F)F)cc3)CC2)cc1. The number of piperidine rings is 1. The van der Waals surface area contributed by atoms with Gasteiger partial charge in [0.05, 0.1) is 4.90 Å². The van der Waals surface area contributed by atoms with E-state index in [0.29, 0.717) is 18.5 Å². The first-order valence-corrected chi connectivity index (χ1v) is 11.8. The van der Waals surface area contributed by atoms with Gasteiger partial charge in [0.25, 0.3) is 0 Å². The van der Waals surface area contributed by atoms with Gasteiger partial charge >= 0.3 is 6.18 Å². The van der Waals surface area contributed by atoms with Gasteiger partial charge in [0.2, 0.25) is 15.9 Å². The van der Waals surface area contributed by atoms with Crippen molar-refractivity contribution in [3.05, 3.63) is 54.1 Å². The molecular formula is C22H25F3N2O5S. The fraction of sp³-hybridized carbons (Fsp3) is 0.409. The third kappa shape index (κ3) is 6.46. The Morgan fingerprint density at radius 1 is 1.12 bits per heavy atom. The summed E-state index contributed by atoms with van der Waals surface area (Å²) in [5.74, 6) is -0.512. The van der Waals surface area contributed by atoms with Crippen LogP contribution in [0, 0.1) is 12.8 Å². The van der Waals surface area contributed by atoms with Crippen LogP contribution in [0.4, 0.5) is 18.9 Å². The number of nitrogens with one attached hydrogen (secondary N) is 1. The smallest absolute Gasteiger partial charge is 0.417 e. The molecule has 2 aromatic carbocycles. The molecule has 0 spiro atoms. The molecule has 0 bridgehead atoms. The highest BCUT2D eigenvalue weighted by molar-refractivity contribution is 7.89. The van der Waals surface area contributed by atoms with Crippen molar-refractivity contribution < 1.29 is 36.2 Å². The molecule has 1 fully saturated rings. The van der Waals surface area contributed by atoms with E-state index >= 15 is 0 Å². The second-order valence-electron chi connectivity index (χ2n) is 7.87. The molecule has 1 heterocycles. The molecule has 2 aromatic rings. The van der Waals surface area contributed by atoms with Gasteiger partial charge in [0.15, 0.2) is 6.10 Å². The molecule has 1 aliphatic heterocycles. The molecule has 0 aromatic heterocycles. The molecule has 0 aliphatic carbocycles. The van der Waals surface area contributed by atoms with Crippen molar-refractivity contribution in [2.75, 3.05) is 25.0 Å². The molecule has 1 amide bonds. The fourth-order valence-electron chi connectivity index (χ4n) is 3.37. The number of hydrogen-bond acceptors (Lipinski definition) is 5. The predicted molar refractivity (Wildman–Crippen MR) is 115 cm³/mol. The minimum absolute atomic E-state index is 0.117. The topological polar surface area (TPSA) is 95.9 Å². The normalized spacial score (nSPS) is 16.9. The fourth-order valence-corrected chi connectivity index (χ4v) is 4.84. The number of carbonyl (C=O) groups is 1. The number of rotatable bonds is 7. The molecule has 1 aliphatic rings. The Hall–Kier alpha value is -2.63. The molecule has 0 saturated carbocycles. The molecular weight excluding hydrogens is 461 g/mol. The van der Waals surface area contributed by atoms with Gasteiger partial charge in [-0.3, -0.25) is 4.79 Å². The highest BCUT2D eigenvalue weighted by atomic mass is 32.2. The number of benzene rings is 2. The number of aliphatic hydroxyl groups is 1. The van der Waals surface area contributed by atoms with Gasteiger partial charge in [0, 0.05) is 24.7 Å². The summed E-state index contributed by atoms with van der Waals surface area (Å²) in [5.41, 5.74) is 1.39. The maximum atomic E-state index is 12.8. The van der Waals surface area contributed by atoms with E-state index in [2.05, 4.69) is 5.32 Å². The van der Waals surface area contributed by atoms with Gasteiger partial charge in [-0.05, 0) is 56.2 Å². The first kappa shape index (κ1) is 25.0. The number of ether oxygens (including phenoxy) is 1. The van der Waals surface area contributed by atoms with Crippen LogP contribution < -0.4 is 10.1 Å². The summed E-state index contributed by atoms with van der Waals surface area (Å²) in [5, 5.41) is 11.7. The van der Waals surface area contributed by atoms with E-state index < -0.39 is 28.9 Å². The number of carbonyl (C=O) groups excluding carboxylic acids is 1. The van der Waals surface area contributed by atoms with Crippen LogP contribution in [0.15, 0.2) is 53.4 Å². The summed E-state index contributed by atoms with van der Waals surface area (Å²) >= 11 is 0. The van der Waals surface area contributed by atoms with Crippen LogP contribution in [0.1, 0.15) is 18.4 Å². The molecule has 1 saturated heterocycles. The van der Waals surface area contributed by atoms with E-state index in [9.17, 15) is 26.4 Å². The monoisotopic (exact) mass is 486 g/mol. The van der Waals surface area contributed by atoms with E-state index in [4.69, 9.17) is 9.84 Å². The van der Waals surface area contributed by atoms with Crippen molar-refractivity contribution >= 4 is 21.6 Å². The van der Waals surface area contributed by atoms with Crippen LogP contribution in [0.25, 0.3) is 0 Å². The third-order valence-corrected chi connectivity index (χ3v) is 7.30. The molecule has 1 unspecified atom stereocenters. The quantitative estimate of drug-likeness (QED) is 0.626. The van der Waals surface area contributed by atoms with Gasteiger partial charge in [-0.25, -0.2) is 8.42 Å². The van der Waals surface area contributed by atoms with Crippen molar-refractivity contribution in [3.8, 4) is 5.75 Å². The van der Waals surface area contributed by atoms with Crippen molar-refractivity contribution in [1.82, 2.24) is 4.31 Å². The van der Waals surface area contributed by atoms with Crippen LogP contribution in [0.2, 0.25) is 0 Å². The second-order valence-corrected chi connectivity index (χ2v) is 9.81. The number of nitrogens with zero attached hydrogens (tertiary/aromatic N) is 1. The molecule has 11 heteroatoms. The first-order chi connectivity index (χ1) is 15.5. The van der Waals surface area contributed by atoms with Gasteiger partial charge in [0.1, 0.15) is 12.4 Å². The van der Waals surface area contributed by atoms with Crippen LogP contribution in [0.5, 0.6) is 5.75 Å². The molecule has 0 radical (unpaired) electrons. The molecule has 7 nitrogen and oxygen atoms in total. The van der Waals surface area contributed by atoms with Gasteiger partial charge in [-0.2, -0.15) is 17.5 Å². The van der Waals surface area contributed by atoms with Crippen LogP contribution in [-0.2, 0) is 14.8 Å². The van der Waals surface area contributed by atoms with Gasteiger partial charge in [-0.15, -0.1) is 0 Å². The average Bonchev–Trinajstić information content (AvgIpc) is 2.78. The Morgan fingerprint density at radius 3 is 2.24 bits per heavy atom. The molecule has 180 valence electrons. The summed E-state index contributed by atoms with van der Waals surface area (Å²) in [6.45, 7) is 1.39. The van der Waals surface area contributed by atoms with Crippen LogP contribution in [0.3, 0.4) is 0 Å². The molecule has 1 atom stereocenters. The summed E-state index contributed by atoms with van der Waals surface area (Å²) in [4.78, 5) is 12.8. The third-order valence-electron chi connectivity index (χ3n) is 5.39. The summed E-state index contributed by atoms with van der Waals surface area (Å²) in [7, 11) is -3.61.